The van der Waals surface area contributed by atoms with Crippen molar-refractivity contribution in [2.75, 3.05) is 0 Å². The SMILES string of the molecule is O=CCC=Cc1cc(C(=O)O)c(O)cc1O. The Balaban J connectivity index is 3.14. The third kappa shape index (κ3) is 2.60. The molecule has 16 heavy (non-hydrogen) atoms. The van der Waals surface area contributed by atoms with Crippen molar-refractivity contribution in [3.05, 3.63) is 29.3 Å². The summed E-state index contributed by atoms with van der Waals surface area (Å²) in [6.07, 6.45) is 3.73. The summed E-state index contributed by atoms with van der Waals surface area (Å²) in [4.78, 5) is 20.8. The molecule has 3 N–H and O–H groups in total. The molecule has 0 aromatic heterocycles. The predicted octanol–water partition coefficient (Wildman–Crippen LogP) is 1.40. The standard InChI is InChI=1S/C11H10O5/c12-4-2-1-3-7-5-8(11(15)16)10(14)6-9(7)13/h1,3-6,13-14H,2H2,(H,15,16). The minimum absolute atomic E-state index is 0.169. The number of carboxylic acid groups (broad SMARTS) is 1. The number of carboxylic acids is 1. The van der Waals surface area contributed by atoms with Gasteiger partial charge in [0.15, 0.2) is 0 Å². The van der Waals surface area contributed by atoms with Crippen molar-refractivity contribution in [3.63, 3.8) is 0 Å². The van der Waals surface area contributed by atoms with Crippen LogP contribution in [0.5, 0.6) is 11.5 Å². The van der Waals surface area contributed by atoms with Crippen molar-refractivity contribution in [1.82, 2.24) is 0 Å². The van der Waals surface area contributed by atoms with Gasteiger partial charge in [-0.3, -0.25) is 0 Å². The second-order valence-electron chi connectivity index (χ2n) is 3.04. The second-order valence-corrected chi connectivity index (χ2v) is 3.04. The first-order valence-corrected chi connectivity index (χ1v) is 4.45. The Labute approximate surface area is 91.3 Å². The maximum Gasteiger partial charge on any atom is 0.339 e. The van der Waals surface area contributed by atoms with E-state index in [-0.39, 0.29) is 23.3 Å². The van der Waals surface area contributed by atoms with E-state index in [0.717, 1.165) is 12.1 Å². The van der Waals surface area contributed by atoms with Crippen molar-refractivity contribution in [3.8, 4) is 11.5 Å². The third-order valence-corrected chi connectivity index (χ3v) is 1.91. The minimum Gasteiger partial charge on any atom is -0.507 e. The summed E-state index contributed by atoms with van der Waals surface area (Å²) in [5.74, 6) is -2.04. The molecule has 1 rings (SSSR count). The van der Waals surface area contributed by atoms with Gasteiger partial charge in [0.2, 0.25) is 0 Å². The van der Waals surface area contributed by atoms with Crippen LogP contribution in [-0.2, 0) is 4.79 Å². The number of aromatic carboxylic acids is 1. The lowest BCUT2D eigenvalue weighted by atomic mass is 10.1. The van der Waals surface area contributed by atoms with Crippen molar-refractivity contribution in [2.24, 2.45) is 0 Å². The van der Waals surface area contributed by atoms with Gasteiger partial charge in [0.1, 0.15) is 23.3 Å². The molecule has 0 spiro atoms. The summed E-state index contributed by atoms with van der Waals surface area (Å²) in [6.45, 7) is 0. The summed E-state index contributed by atoms with van der Waals surface area (Å²) in [5, 5.41) is 27.4. The number of allylic oxidation sites excluding steroid dienone is 1. The largest absolute Gasteiger partial charge is 0.507 e. The van der Waals surface area contributed by atoms with E-state index < -0.39 is 11.7 Å². The van der Waals surface area contributed by atoms with Gasteiger partial charge in [-0.25, -0.2) is 4.79 Å². The zero-order valence-corrected chi connectivity index (χ0v) is 8.25. The first-order chi connectivity index (χ1) is 7.56. The van der Waals surface area contributed by atoms with Crippen LogP contribution in [0.4, 0.5) is 0 Å². The number of phenols is 2. The number of hydrogen-bond donors (Lipinski definition) is 3. The summed E-state index contributed by atoms with van der Waals surface area (Å²) in [6, 6.07) is 2.08. The lowest BCUT2D eigenvalue weighted by Crippen LogP contribution is -1.97. The molecule has 0 amide bonds. The molecule has 0 bridgehead atoms. The molecule has 0 aliphatic rings. The molecule has 5 heteroatoms. The van der Waals surface area contributed by atoms with Crippen molar-refractivity contribution >= 4 is 18.3 Å². The highest BCUT2D eigenvalue weighted by Gasteiger charge is 2.12. The smallest absolute Gasteiger partial charge is 0.339 e. The number of phenolic OH excluding ortho intramolecular Hbond substituents is 1. The van der Waals surface area contributed by atoms with Crippen LogP contribution in [0, 0.1) is 0 Å². The van der Waals surface area contributed by atoms with E-state index in [0.29, 0.717) is 6.29 Å². The Hall–Kier alpha value is -2.30. The maximum atomic E-state index is 10.7. The molecule has 0 radical (unpaired) electrons. The highest BCUT2D eigenvalue weighted by molar-refractivity contribution is 5.92. The molecule has 1 aromatic carbocycles. The van der Waals surface area contributed by atoms with Crippen molar-refractivity contribution in [1.29, 1.82) is 0 Å². The summed E-state index contributed by atoms with van der Waals surface area (Å²) >= 11 is 0. The van der Waals surface area contributed by atoms with Gasteiger partial charge in [-0.05, 0) is 6.07 Å². The Bertz CT molecular complexity index is 448. The van der Waals surface area contributed by atoms with Gasteiger partial charge in [0, 0.05) is 18.1 Å². The number of aldehydes is 1. The second kappa shape index (κ2) is 4.97. The van der Waals surface area contributed by atoms with Gasteiger partial charge in [0.05, 0.1) is 0 Å². The first kappa shape index (κ1) is 11.8. The van der Waals surface area contributed by atoms with E-state index in [1.165, 1.54) is 12.2 Å². The van der Waals surface area contributed by atoms with E-state index >= 15 is 0 Å². The monoisotopic (exact) mass is 222 g/mol. The molecular formula is C11H10O5. The van der Waals surface area contributed by atoms with Crippen LogP contribution in [0.1, 0.15) is 22.3 Å². The number of aromatic hydroxyl groups is 2. The van der Waals surface area contributed by atoms with E-state index in [9.17, 15) is 19.8 Å². The molecule has 0 atom stereocenters. The molecule has 0 aliphatic heterocycles. The van der Waals surface area contributed by atoms with Crippen LogP contribution in [0.25, 0.3) is 6.08 Å². The molecule has 0 heterocycles. The lowest BCUT2D eigenvalue weighted by Gasteiger charge is -2.03. The van der Waals surface area contributed by atoms with Gasteiger partial charge in [-0.1, -0.05) is 12.2 Å². The van der Waals surface area contributed by atoms with Crippen LogP contribution in [0.3, 0.4) is 0 Å². The maximum absolute atomic E-state index is 10.7. The zero-order chi connectivity index (χ0) is 12.1. The Morgan fingerprint density at radius 1 is 1.25 bits per heavy atom. The Morgan fingerprint density at radius 2 is 1.94 bits per heavy atom. The van der Waals surface area contributed by atoms with E-state index in [1.54, 1.807) is 0 Å². The minimum atomic E-state index is -1.29. The fourth-order valence-electron chi connectivity index (χ4n) is 1.15. The number of rotatable bonds is 4. The number of carbonyl (C=O) groups is 2. The van der Waals surface area contributed by atoms with E-state index in [2.05, 4.69) is 0 Å². The molecule has 1 aromatic rings. The summed E-state index contributed by atoms with van der Waals surface area (Å²) in [5.41, 5.74) is -0.0689. The van der Waals surface area contributed by atoms with Crippen LogP contribution >= 0.6 is 0 Å². The van der Waals surface area contributed by atoms with Gasteiger partial charge in [0.25, 0.3) is 0 Å². The molecular weight excluding hydrogens is 212 g/mol. The van der Waals surface area contributed by atoms with Crippen LogP contribution in [-0.4, -0.2) is 27.6 Å². The van der Waals surface area contributed by atoms with Crippen LogP contribution in [0.2, 0.25) is 0 Å². The topological polar surface area (TPSA) is 94.8 Å². The van der Waals surface area contributed by atoms with Crippen molar-refractivity contribution in [2.45, 2.75) is 6.42 Å². The summed E-state index contributed by atoms with van der Waals surface area (Å²) in [7, 11) is 0. The molecule has 0 saturated heterocycles. The molecule has 0 aliphatic carbocycles. The average molecular weight is 222 g/mol. The normalized spacial score (nSPS) is 10.5. The van der Waals surface area contributed by atoms with Crippen LogP contribution < -0.4 is 0 Å². The van der Waals surface area contributed by atoms with Gasteiger partial charge < -0.3 is 20.1 Å². The van der Waals surface area contributed by atoms with Crippen molar-refractivity contribution < 1.29 is 24.9 Å². The molecule has 0 unspecified atom stereocenters. The fourth-order valence-corrected chi connectivity index (χ4v) is 1.15. The van der Waals surface area contributed by atoms with Gasteiger partial charge in [-0.15, -0.1) is 0 Å². The van der Waals surface area contributed by atoms with Gasteiger partial charge >= 0.3 is 5.97 Å². The molecule has 5 nitrogen and oxygen atoms in total. The zero-order valence-electron chi connectivity index (χ0n) is 8.25. The molecule has 0 fully saturated rings. The molecule has 0 saturated carbocycles. The fraction of sp³-hybridized carbons (Fsp3) is 0.0909. The number of carbonyl (C=O) groups excluding carboxylic acids is 1. The highest BCUT2D eigenvalue weighted by Crippen LogP contribution is 2.28. The number of hydrogen-bond acceptors (Lipinski definition) is 4. The molecule has 84 valence electrons. The van der Waals surface area contributed by atoms with Crippen LogP contribution in [0.15, 0.2) is 18.2 Å². The van der Waals surface area contributed by atoms with E-state index in [4.69, 9.17) is 5.11 Å². The van der Waals surface area contributed by atoms with E-state index in [1.807, 2.05) is 0 Å². The number of benzene rings is 1. The highest BCUT2D eigenvalue weighted by atomic mass is 16.4. The summed E-state index contributed by atoms with van der Waals surface area (Å²) < 4.78 is 0. The first-order valence-electron chi connectivity index (χ1n) is 4.45. The quantitative estimate of drug-likeness (QED) is 0.669. The predicted molar refractivity (Wildman–Crippen MR) is 56.4 cm³/mol. The average Bonchev–Trinajstić information content (AvgIpc) is 2.21. The van der Waals surface area contributed by atoms with Gasteiger partial charge in [-0.2, -0.15) is 0 Å². The third-order valence-electron chi connectivity index (χ3n) is 1.91. The Kier molecular flexibility index (Phi) is 3.66. The Morgan fingerprint density at radius 3 is 2.50 bits per heavy atom. The lowest BCUT2D eigenvalue weighted by molar-refractivity contribution is -0.107.